The quantitative estimate of drug-likeness (QED) is 0.264. The molecule has 1 unspecified atom stereocenters. The molecular formula is C32H24ClF3N6O4. The summed E-state index contributed by atoms with van der Waals surface area (Å²) in [6, 6.07) is 10.7. The van der Waals surface area contributed by atoms with Crippen molar-refractivity contribution in [1.82, 2.24) is 15.3 Å². The third kappa shape index (κ3) is 6.03. The zero-order valence-corrected chi connectivity index (χ0v) is 24.6. The minimum Gasteiger partial charge on any atom is -0.445 e. The topological polar surface area (TPSA) is 132 Å². The average Bonchev–Trinajstić information content (AvgIpc) is 3.69. The van der Waals surface area contributed by atoms with Crippen LogP contribution in [0.1, 0.15) is 42.9 Å². The number of hydrogen-bond acceptors (Lipinski definition) is 7. The fourth-order valence-corrected chi connectivity index (χ4v) is 5.97. The molecule has 3 amide bonds. The number of hydrogen-bond donors (Lipinski definition) is 1. The molecule has 2 atom stereocenters. The van der Waals surface area contributed by atoms with Gasteiger partial charge < -0.3 is 9.73 Å². The van der Waals surface area contributed by atoms with Crippen LogP contribution in [0.4, 0.5) is 24.7 Å². The number of pyridine rings is 1. The molecule has 1 aliphatic heterocycles. The van der Waals surface area contributed by atoms with E-state index in [4.69, 9.17) is 16.0 Å². The minimum absolute atomic E-state index is 0.000247. The van der Waals surface area contributed by atoms with Gasteiger partial charge in [0.15, 0.2) is 0 Å². The molecule has 2 fully saturated rings. The second-order valence-electron chi connectivity index (χ2n) is 11.0. The predicted octanol–water partition coefficient (Wildman–Crippen LogP) is 5.58. The van der Waals surface area contributed by atoms with Gasteiger partial charge in [-0.25, -0.2) is 23.1 Å². The van der Waals surface area contributed by atoms with Crippen LogP contribution >= 0.6 is 11.6 Å². The summed E-state index contributed by atoms with van der Waals surface area (Å²) in [5.74, 6) is -5.80. The molecule has 6 rings (SSSR count). The number of nitrogens with one attached hydrogen (secondary N) is 1. The first-order valence-electron chi connectivity index (χ1n) is 14.2. The molecule has 1 N–H and O–H groups in total. The first kappa shape index (κ1) is 30.8. The van der Waals surface area contributed by atoms with E-state index < -0.39 is 60.4 Å². The zero-order chi connectivity index (χ0) is 32.6. The van der Waals surface area contributed by atoms with Crippen molar-refractivity contribution in [2.45, 2.75) is 49.7 Å². The summed E-state index contributed by atoms with van der Waals surface area (Å²) in [5, 5.41) is 12.1. The fraction of sp³-hybridized carbons (Fsp3) is 0.250. The predicted molar refractivity (Wildman–Crippen MR) is 159 cm³/mol. The number of rotatable bonds is 8. The molecule has 0 radical (unpaired) electrons. The van der Waals surface area contributed by atoms with Crippen molar-refractivity contribution in [3.05, 3.63) is 95.2 Å². The Morgan fingerprint density at radius 3 is 2.61 bits per heavy atom. The number of anilines is 2. The number of halogens is 4. The Morgan fingerprint density at radius 1 is 1.13 bits per heavy atom. The van der Waals surface area contributed by atoms with Crippen molar-refractivity contribution < 1.29 is 32.0 Å². The number of benzene rings is 2. The van der Waals surface area contributed by atoms with Gasteiger partial charge in [0.25, 0.3) is 11.8 Å². The van der Waals surface area contributed by atoms with E-state index >= 15 is 4.39 Å². The van der Waals surface area contributed by atoms with Crippen LogP contribution in [0.3, 0.4) is 0 Å². The van der Waals surface area contributed by atoms with Crippen LogP contribution in [-0.2, 0) is 14.4 Å². The van der Waals surface area contributed by atoms with Gasteiger partial charge in [0.1, 0.15) is 30.0 Å². The molecule has 14 heteroatoms. The third-order valence-corrected chi connectivity index (χ3v) is 8.18. The largest absolute Gasteiger partial charge is 0.445 e. The summed E-state index contributed by atoms with van der Waals surface area (Å²) in [6.07, 6.45) is 2.70. The molecule has 1 aliphatic carbocycles. The Kier molecular flexibility index (Phi) is 8.22. The highest BCUT2D eigenvalue weighted by Crippen LogP contribution is 2.40. The summed E-state index contributed by atoms with van der Waals surface area (Å²) in [7, 11) is 0. The van der Waals surface area contributed by atoms with Gasteiger partial charge in [0.05, 0.1) is 17.8 Å². The number of alkyl halides is 2. The van der Waals surface area contributed by atoms with Crippen LogP contribution < -0.4 is 15.1 Å². The number of aromatic nitrogens is 2. The third-order valence-electron chi connectivity index (χ3n) is 7.84. The highest BCUT2D eigenvalue weighted by atomic mass is 35.5. The number of nitriles is 1. The molecule has 0 bridgehead atoms. The second-order valence-corrected chi connectivity index (χ2v) is 11.4. The highest BCUT2D eigenvalue weighted by molar-refractivity contribution is 6.31. The Hall–Kier alpha value is -5.22. The van der Waals surface area contributed by atoms with Gasteiger partial charge in [-0.3, -0.25) is 24.2 Å². The first-order valence-corrected chi connectivity index (χ1v) is 14.6. The van der Waals surface area contributed by atoms with Gasteiger partial charge >= 0.3 is 0 Å². The van der Waals surface area contributed by atoms with E-state index in [-0.39, 0.29) is 52.0 Å². The molecule has 46 heavy (non-hydrogen) atoms. The lowest BCUT2D eigenvalue weighted by Crippen LogP contribution is -2.56. The normalized spacial score (nSPS) is 18.0. The molecule has 2 aromatic carbocycles. The number of amides is 3. The van der Waals surface area contributed by atoms with Crippen LogP contribution in [-0.4, -0.2) is 45.7 Å². The number of carbonyl (C=O) groups excluding carboxylic acids is 3. The monoisotopic (exact) mass is 648 g/mol. The van der Waals surface area contributed by atoms with Gasteiger partial charge in [-0.2, -0.15) is 5.26 Å². The van der Waals surface area contributed by atoms with Gasteiger partial charge in [-0.1, -0.05) is 29.8 Å². The average molecular weight is 649 g/mol. The minimum atomic E-state index is -2.95. The van der Waals surface area contributed by atoms with E-state index in [0.29, 0.717) is 0 Å². The summed E-state index contributed by atoms with van der Waals surface area (Å²) >= 11 is 6.57. The van der Waals surface area contributed by atoms with Crippen molar-refractivity contribution in [3.8, 4) is 17.5 Å². The lowest BCUT2D eigenvalue weighted by atomic mass is 9.87. The van der Waals surface area contributed by atoms with Gasteiger partial charge in [-0.15, -0.1) is 0 Å². The molecule has 234 valence electrons. The number of carbonyl (C=O) groups is 3. The van der Waals surface area contributed by atoms with Crippen LogP contribution in [0.5, 0.6) is 0 Å². The maximum Gasteiger partial charge on any atom is 0.252 e. The highest BCUT2D eigenvalue weighted by Gasteiger charge is 2.48. The maximum atomic E-state index is 15.3. The van der Waals surface area contributed by atoms with Crippen molar-refractivity contribution >= 4 is 40.8 Å². The molecule has 0 spiro atoms. The van der Waals surface area contributed by atoms with Crippen LogP contribution in [0.2, 0.25) is 5.02 Å². The smallest absolute Gasteiger partial charge is 0.252 e. The van der Waals surface area contributed by atoms with E-state index in [0.717, 1.165) is 21.9 Å². The van der Waals surface area contributed by atoms with Crippen LogP contribution in [0.25, 0.3) is 11.5 Å². The van der Waals surface area contributed by atoms with E-state index in [1.165, 1.54) is 49.0 Å². The molecule has 2 aliphatic rings. The van der Waals surface area contributed by atoms with Gasteiger partial charge in [-0.05, 0) is 42.8 Å². The van der Waals surface area contributed by atoms with Gasteiger partial charge in [0, 0.05) is 53.3 Å². The lowest BCUT2D eigenvalue weighted by Gasteiger charge is -2.39. The van der Waals surface area contributed by atoms with Crippen molar-refractivity contribution in [2.75, 3.05) is 9.80 Å². The van der Waals surface area contributed by atoms with Crippen molar-refractivity contribution in [1.29, 1.82) is 5.26 Å². The summed E-state index contributed by atoms with van der Waals surface area (Å²) in [4.78, 5) is 52.4. The standard InChI is InChI=1S/C32H24ClF3N6O4/c33-24-4-2-1-3-23(24)28(29(44)40-21-15-32(35,36)16-21)41(22-13-19(12-20(34)14-22)30-39-9-10-46-30)31(45)25-5-6-27(43)42(25)26-11-18(17-37)7-8-38-26/h1-4,7-14,21,25,28H,5-6,15-16H2,(H,40,44)/t25-,28?/m0/s1. The molecule has 2 aromatic heterocycles. The SMILES string of the molecule is N#Cc1ccnc(N2C(=O)CC[C@H]2C(=O)N(c2cc(F)cc(-c3ncco3)c2)C(C(=O)NC2CC(F)(F)C2)c2ccccc2Cl)c1. The molecule has 4 aromatic rings. The van der Waals surface area contributed by atoms with Crippen LogP contribution in [0, 0.1) is 17.1 Å². The molecular weight excluding hydrogens is 625 g/mol. The maximum absolute atomic E-state index is 15.3. The number of oxazole rings is 1. The van der Waals surface area contributed by atoms with E-state index in [1.54, 1.807) is 12.1 Å². The van der Waals surface area contributed by atoms with E-state index in [2.05, 4.69) is 15.3 Å². The van der Waals surface area contributed by atoms with Crippen molar-refractivity contribution in [2.24, 2.45) is 0 Å². The van der Waals surface area contributed by atoms with Crippen molar-refractivity contribution in [3.63, 3.8) is 0 Å². The molecule has 1 saturated carbocycles. The molecule has 3 heterocycles. The fourth-order valence-electron chi connectivity index (χ4n) is 5.73. The molecule has 10 nitrogen and oxygen atoms in total. The summed E-state index contributed by atoms with van der Waals surface area (Å²) in [5.41, 5.74) is 0.343. The lowest BCUT2D eigenvalue weighted by molar-refractivity contribution is -0.133. The summed E-state index contributed by atoms with van der Waals surface area (Å²) in [6.45, 7) is 0. The Bertz CT molecular complexity index is 1860. The first-order chi connectivity index (χ1) is 22.0. The van der Waals surface area contributed by atoms with Gasteiger partial charge in [0.2, 0.25) is 17.7 Å². The van der Waals surface area contributed by atoms with E-state index in [1.807, 2.05) is 6.07 Å². The van der Waals surface area contributed by atoms with Crippen LogP contribution in [0.15, 0.2) is 77.7 Å². The second kappa shape index (κ2) is 12.3. The Labute approximate surface area is 265 Å². The zero-order valence-electron chi connectivity index (χ0n) is 23.9. The Balaban J connectivity index is 1.50. The summed E-state index contributed by atoms with van der Waals surface area (Å²) < 4.78 is 48.1. The number of nitrogens with zero attached hydrogens (tertiary/aromatic N) is 5. The molecule has 1 saturated heterocycles. The van der Waals surface area contributed by atoms with E-state index in [9.17, 15) is 28.4 Å². The Morgan fingerprint density at radius 2 is 1.91 bits per heavy atom.